The summed E-state index contributed by atoms with van der Waals surface area (Å²) in [6.45, 7) is 2.56. The van der Waals surface area contributed by atoms with E-state index in [0.717, 1.165) is 12.8 Å². The first kappa shape index (κ1) is 13.8. The third-order valence-electron chi connectivity index (χ3n) is 2.34. The summed E-state index contributed by atoms with van der Waals surface area (Å²) < 4.78 is 0. The maximum atomic E-state index is 11.5. The van der Waals surface area contributed by atoms with Crippen LogP contribution in [0.4, 0.5) is 16.2 Å². The molecule has 0 aliphatic heterocycles. The topological polar surface area (TPSA) is 104 Å². The van der Waals surface area contributed by atoms with Gasteiger partial charge in [-0.05, 0) is 24.6 Å². The van der Waals surface area contributed by atoms with Crippen LogP contribution in [0.5, 0.6) is 0 Å². The number of hydrogen-bond donors (Lipinski definition) is 4. The molecule has 0 saturated heterocycles. The SMILES string of the molecule is CCCCNC(=O)Nc1cc(N)ccc1C(=O)O. The van der Waals surface area contributed by atoms with E-state index in [9.17, 15) is 9.59 Å². The highest BCUT2D eigenvalue weighted by Crippen LogP contribution is 2.19. The molecule has 6 heteroatoms. The van der Waals surface area contributed by atoms with E-state index >= 15 is 0 Å². The number of amides is 2. The molecule has 18 heavy (non-hydrogen) atoms. The first-order valence-corrected chi connectivity index (χ1v) is 5.72. The number of aromatic carboxylic acids is 1. The number of nitrogens with two attached hydrogens (primary N) is 1. The lowest BCUT2D eigenvalue weighted by Gasteiger charge is -2.10. The van der Waals surface area contributed by atoms with E-state index in [1.54, 1.807) is 0 Å². The summed E-state index contributed by atoms with van der Waals surface area (Å²) in [4.78, 5) is 22.5. The summed E-state index contributed by atoms with van der Waals surface area (Å²) in [5.74, 6) is -1.11. The molecular formula is C12H17N3O3. The fraction of sp³-hybridized carbons (Fsp3) is 0.333. The molecule has 1 rings (SSSR count). The molecule has 1 aromatic rings. The first-order valence-electron chi connectivity index (χ1n) is 5.72. The molecule has 0 radical (unpaired) electrons. The molecule has 6 nitrogen and oxygen atoms in total. The molecule has 0 bridgehead atoms. The number of carboxylic acids is 1. The lowest BCUT2D eigenvalue weighted by molar-refractivity contribution is 0.0698. The van der Waals surface area contributed by atoms with Crippen molar-refractivity contribution in [2.75, 3.05) is 17.6 Å². The Morgan fingerprint density at radius 3 is 2.72 bits per heavy atom. The minimum Gasteiger partial charge on any atom is -0.478 e. The van der Waals surface area contributed by atoms with Gasteiger partial charge in [-0.25, -0.2) is 9.59 Å². The van der Waals surface area contributed by atoms with Crippen LogP contribution in [0.15, 0.2) is 18.2 Å². The Hall–Kier alpha value is -2.24. The van der Waals surface area contributed by atoms with Crippen molar-refractivity contribution in [2.45, 2.75) is 19.8 Å². The number of carboxylic acid groups (broad SMARTS) is 1. The molecule has 98 valence electrons. The Morgan fingerprint density at radius 2 is 2.11 bits per heavy atom. The van der Waals surface area contributed by atoms with Crippen LogP contribution in [-0.2, 0) is 0 Å². The Morgan fingerprint density at radius 1 is 1.39 bits per heavy atom. The van der Waals surface area contributed by atoms with Gasteiger partial charge in [0.2, 0.25) is 0 Å². The number of hydrogen-bond acceptors (Lipinski definition) is 3. The molecule has 0 aliphatic carbocycles. The highest BCUT2D eigenvalue weighted by Gasteiger charge is 2.12. The van der Waals surface area contributed by atoms with Gasteiger partial charge in [-0.1, -0.05) is 13.3 Å². The largest absolute Gasteiger partial charge is 0.478 e. The predicted molar refractivity (Wildman–Crippen MR) is 69.7 cm³/mol. The van der Waals surface area contributed by atoms with Crippen LogP contribution >= 0.6 is 0 Å². The van der Waals surface area contributed by atoms with Crippen molar-refractivity contribution in [2.24, 2.45) is 0 Å². The highest BCUT2D eigenvalue weighted by molar-refractivity contribution is 6.00. The Kier molecular flexibility index (Phi) is 4.98. The molecule has 0 aliphatic rings. The molecule has 0 saturated carbocycles. The highest BCUT2D eigenvalue weighted by atomic mass is 16.4. The fourth-order valence-corrected chi connectivity index (χ4v) is 1.40. The fourth-order valence-electron chi connectivity index (χ4n) is 1.40. The summed E-state index contributed by atoms with van der Waals surface area (Å²) in [7, 11) is 0. The number of nitrogen functional groups attached to an aromatic ring is 1. The van der Waals surface area contributed by atoms with E-state index in [4.69, 9.17) is 10.8 Å². The number of carbonyl (C=O) groups is 2. The molecule has 0 spiro atoms. The van der Waals surface area contributed by atoms with Gasteiger partial charge in [0.05, 0.1) is 11.3 Å². The van der Waals surface area contributed by atoms with E-state index in [-0.39, 0.29) is 11.3 Å². The smallest absolute Gasteiger partial charge is 0.337 e. The van der Waals surface area contributed by atoms with Crippen molar-refractivity contribution in [3.63, 3.8) is 0 Å². The van der Waals surface area contributed by atoms with Crippen LogP contribution in [0.1, 0.15) is 30.1 Å². The maximum absolute atomic E-state index is 11.5. The lowest BCUT2D eigenvalue weighted by Crippen LogP contribution is -2.30. The zero-order valence-electron chi connectivity index (χ0n) is 10.2. The number of urea groups is 1. The standard InChI is InChI=1S/C12H17N3O3/c1-2-3-6-14-12(18)15-10-7-8(13)4-5-9(10)11(16)17/h4-5,7H,2-3,6,13H2,1H3,(H,16,17)(H2,14,15,18). The third-order valence-corrected chi connectivity index (χ3v) is 2.34. The quantitative estimate of drug-likeness (QED) is 0.473. The zero-order valence-corrected chi connectivity index (χ0v) is 10.2. The first-order chi connectivity index (χ1) is 8.54. The van der Waals surface area contributed by atoms with Crippen molar-refractivity contribution in [1.29, 1.82) is 0 Å². The molecule has 1 aromatic carbocycles. The second-order valence-corrected chi connectivity index (χ2v) is 3.84. The summed E-state index contributed by atoms with van der Waals surface area (Å²) in [5, 5.41) is 14.1. The van der Waals surface area contributed by atoms with Gasteiger partial charge in [-0.15, -0.1) is 0 Å². The molecule has 0 fully saturated rings. The molecule has 2 amide bonds. The van der Waals surface area contributed by atoms with Gasteiger partial charge in [-0.3, -0.25) is 0 Å². The monoisotopic (exact) mass is 251 g/mol. The second-order valence-electron chi connectivity index (χ2n) is 3.84. The second kappa shape index (κ2) is 6.48. The van der Waals surface area contributed by atoms with Crippen molar-refractivity contribution >= 4 is 23.4 Å². The van der Waals surface area contributed by atoms with E-state index < -0.39 is 12.0 Å². The Bertz CT molecular complexity index is 446. The molecule has 0 unspecified atom stereocenters. The minimum absolute atomic E-state index is 0.00911. The van der Waals surface area contributed by atoms with Crippen LogP contribution in [0.2, 0.25) is 0 Å². The van der Waals surface area contributed by atoms with Gasteiger partial charge in [0.1, 0.15) is 0 Å². The third kappa shape index (κ3) is 3.97. The van der Waals surface area contributed by atoms with E-state index in [0.29, 0.717) is 12.2 Å². The predicted octanol–water partition coefficient (Wildman–Crippen LogP) is 1.89. The van der Waals surface area contributed by atoms with Gasteiger partial charge in [-0.2, -0.15) is 0 Å². The molecular weight excluding hydrogens is 234 g/mol. The van der Waals surface area contributed by atoms with Crippen LogP contribution < -0.4 is 16.4 Å². The average molecular weight is 251 g/mol. The van der Waals surface area contributed by atoms with Crippen LogP contribution in [0.3, 0.4) is 0 Å². The average Bonchev–Trinajstić information content (AvgIpc) is 2.29. The van der Waals surface area contributed by atoms with Crippen LogP contribution in [0, 0.1) is 0 Å². The van der Waals surface area contributed by atoms with Gasteiger partial charge in [0, 0.05) is 12.2 Å². The zero-order chi connectivity index (χ0) is 13.5. The van der Waals surface area contributed by atoms with Gasteiger partial charge < -0.3 is 21.5 Å². The summed E-state index contributed by atoms with van der Waals surface area (Å²) >= 11 is 0. The molecule has 0 aromatic heterocycles. The number of rotatable bonds is 5. The normalized spacial score (nSPS) is 9.83. The van der Waals surface area contributed by atoms with Crippen LogP contribution in [0.25, 0.3) is 0 Å². The van der Waals surface area contributed by atoms with Gasteiger partial charge in [0.15, 0.2) is 0 Å². The number of benzene rings is 1. The number of anilines is 2. The minimum atomic E-state index is -1.11. The molecule has 5 N–H and O–H groups in total. The van der Waals surface area contributed by atoms with Gasteiger partial charge in [0.25, 0.3) is 0 Å². The van der Waals surface area contributed by atoms with Crippen molar-refractivity contribution < 1.29 is 14.7 Å². The lowest BCUT2D eigenvalue weighted by atomic mass is 10.1. The van der Waals surface area contributed by atoms with Crippen molar-refractivity contribution in [3.05, 3.63) is 23.8 Å². The van der Waals surface area contributed by atoms with E-state index in [1.165, 1.54) is 18.2 Å². The van der Waals surface area contributed by atoms with Crippen molar-refractivity contribution in [3.8, 4) is 0 Å². The number of unbranched alkanes of at least 4 members (excludes halogenated alkanes) is 1. The van der Waals surface area contributed by atoms with Gasteiger partial charge >= 0.3 is 12.0 Å². The number of carbonyl (C=O) groups excluding carboxylic acids is 1. The summed E-state index contributed by atoms with van der Waals surface area (Å²) in [5.41, 5.74) is 6.15. The Balaban J connectivity index is 2.73. The summed E-state index contributed by atoms with van der Waals surface area (Å²) in [6.07, 6.45) is 1.84. The number of nitrogens with one attached hydrogen (secondary N) is 2. The Labute approximate surface area is 105 Å². The maximum Gasteiger partial charge on any atom is 0.337 e. The molecule has 0 atom stereocenters. The van der Waals surface area contributed by atoms with E-state index in [2.05, 4.69) is 10.6 Å². The van der Waals surface area contributed by atoms with Crippen molar-refractivity contribution in [1.82, 2.24) is 5.32 Å². The summed E-state index contributed by atoms with van der Waals surface area (Å²) in [6, 6.07) is 3.82. The van der Waals surface area contributed by atoms with Crippen LogP contribution in [-0.4, -0.2) is 23.7 Å². The van der Waals surface area contributed by atoms with E-state index in [1.807, 2.05) is 6.92 Å². The molecule has 0 heterocycles.